The summed E-state index contributed by atoms with van der Waals surface area (Å²) in [6.07, 6.45) is 6.91. The Bertz CT molecular complexity index is 458. The second-order valence-corrected chi connectivity index (χ2v) is 6.07. The van der Waals surface area contributed by atoms with Crippen molar-refractivity contribution in [3.63, 3.8) is 0 Å². The zero-order chi connectivity index (χ0) is 14.6. The summed E-state index contributed by atoms with van der Waals surface area (Å²) in [6, 6.07) is 0. The molecule has 1 aliphatic carbocycles. The Morgan fingerprint density at radius 3 is 2.75 bits per heavy atom. The minimum absolute atomic E-state index is 0.418. The molecule has 0 aliphatic heterocycles. The molecule has 112 valence electrons. The van der Waals surface area contributed by atoms with E-state index in [-0.39, 0.29) is 0 Å². The van der Waals surface area contributed by atoms with Crippen molar-refractivity contribution in [2.24, 2.45) is 17.5 Å². The number of nitrogens with zero attached hydrogens (tertiary/aromatic N) is 5. The van der Waals surface area contributed by atoms with Crippen LogP contribution >= 0.6 is 0 Å². The molecule has 1 aromatic rings. The second-order valence-electron chi connectivity index (χ2n) is 6.07. The highest BCUT2D eigenvalue weighted by Crippen LogP contribution is 2.36. The van der Waals surface area contributed by atoms with Crippen molar-refractivity contribution in [2.45, 2.75) is 39.2 Å². The molecule has 1 aromatic heterocycles. The molecule has 0 atom stereocenters. The standard InChI is InChI=1S/C14H26N6/c1-14(7-5-6-8-14)10-16-13(15-2)19(3)9-12-17-11-18-20(12)4/h11H,5-10H2,1-4H3,(H,15,16). The largest absolute Gasteiger partial charge is 0.356 e. The Hall–Kier alpha value is -1.59. The Morgan fingerprint density at radius 2 is 2.20 bits per heavy atom. The van der Waals surface area contributed by atoms with Gasteiger partial charge in [0.05, 0.1) is 6.54 Å². The van der Waals surface area contributed by atoms with Gasteiger partial charge >= 0.3 is 0 Å². The third-order valence-corrected chi connectivity index (χ3v) is 4.24. The third kappa shape index (κ3) is 3.49. The van der Waals surface area contributed by atoms with Crippen molar-refractivity contribution >= 4 is 5.96 Å². The highest BCUT2D eigenvalue weighted by atomic mass is 15.4. The smallest absolute Gasteiger partial charge is 0.193 e. The number of aromatic nitrogens is 3. The van der Waals surface area contributed by atoms with Crippen LogP contribution in [0.2, 0.25) is 0 Å². The first-order valence-electron chi connectivity index (χ1n) is 7.29. The van der Waals surface area contributed by atoms with Crippen molar-refractivity contribution in [3.8, 4) is 0 Å². The molecule has 6 heteroatoms. The van der Waals surface area contributed by atoms with E-state index in [1.165, 1.54) is 25.7 Å². The minimum atomic E-state index is 0.418. The van der Waals surface area contributed by atoms with Gasteiger partial charge in [-0.2, -0.15) is 5.10 Å². The predicted molar refractivity (Wildman–Crippen MR) is 80.4 cm³/mol. The van der Waals surface area contributed by atoms with E-state index in [2.05, 4.69) is 32.2 Å². The van der Waals surface area contributed by atoms with Crippen LogP contribution in [0.15, 0.2) is 11.3 Å². The average molecular weight is 278 g/mol. The molecule has 2 rings (SSSR count). The van der Waals surface area contributed by atoms with Crippen molar-refractivity contribution in [1.82, 2.24) is 25.0 Å². The normalized spacial score (nSPS) is 18.3. The SMILES string of the molecule is CN=C(NCC1(C)CCCC1)N(C)Cc1ncnn1C. The van der Waals surface area contributed by atoms with E-state index in [0.29, 0.717) is 12.0 Å². The van der Waals surface area contributed by atoms with E-state index in [0.717, 1.165) is 18.3 Å². The zero-order valence-corrected chi connectivity index (χ0v) is 13.1. The fourth-order valence-electron chi connectivity index (χ4n) is 2.83. The third-order valence-electron chi connectivity index (χ3n) is 4.24. The molecule has 1 N–H and O–H groups in total. The maximum atomic E-state index is 4.36. The molecule has 0 unspecified atom stereocenters. The number of guanidine groups is 1. The fourth-order valence-corrected chi connectivity index (χ4v) is 2.83. The molecule has 6 nitrogen and oxygen atoms in total. The first-order valence-corrected chi connectivity index (χ1v) is 7.29. The van der Waals surface area contributed by atoms with E-state index in [9.17, 15) is 0 Å². The van der Waals surface area contributed by atoms with Gasteiger partial charge in [0.25, 0.3) is 0 Å². The maximum absolute atomic E-state index is 4.36. The van der Waals surface area contributed by atoms with E-state index >= 15 is 0 Å². The zero-order valence-electron chi connectivity index (χ0n) is 13.1. The van der Waals surface area contributed by atoms with Gasteiger partial charge in [-0.1, -0.05) is 19.8 Å². The molecule has 0 amide bonds. The Balaban J connectivity index is 1.89. The van der Waals surface area contributed by atoms with Crippen LogP contribution in [0.4, 0.5) is 0 Å². The van der Waals surface area contributed by atoms with Crippen LogP contribution in [0.25, 0.3) is 0 Å². The molecule has 20 heavy (non-hydrogen) atoms. The molecular formula is C14H26N6. The van der Waals surface area contributed by atoms with Crippen LogP contribution in [0.3, 0.4) is 0 Å². The highest BCUT2D eigenvalue weighted by molar-refractivity contribution is 5.79. The molecule has 1 aliphatic rings. The van der Waals surface area contributed by atoms with E-state index in [1.807, 2.05) is 21.1 Å². The van der Waals surface area contributed by atoms with Gasteiger partial charge < -0.3 is 10.2 Å². The first-order chi connectivity index (χ1) is 9.54. The van der Waals surface area contributed by atoms with Crippen molar-refractivity contribution in [1.29, 1.82) is 0 Å². The number of hydrogen-bond acceptors (Lipinski definition) is 3. The van der Waals surface area contributed by atoms with E-state index in [1.54, 1.807) is 11.0 Å². The summed E-state index contributed by atoms with van der Waals surface area (Å²) >= 11 is 0. The van der Waals surface area contributed by atoms with Crippen LogP contribution in [-0.4, -0.2) is 46.3 Å². The summed E-state index contributed by atoms with van der Waals surface area (Å²) in [4.78, 5) is 10.7. The lowest BCUT2D eigenvalue weighted by atomic mass is 9.89. The summed E-state index contributed by atoms with van der Waals surface area (Å²) in [5, 5.41) is 7.60. The Labute approximate surface area is 121 Å². The van der Waals surface area contributed by atoms with Crippen LogP contribution < -0.4 is 5.32 Å². The van der Waals surface area contributed by atoms with Gasteiger partial charge in [-0.25, -0.2) is 4.98 Å². The van der Waals surface area contributed by atoms with Crippen LogP contribution in [-0.2, 0) is 13.6 Å². The summed E-state index contributed by atoms with van der Waals surface area (Å²) < 4.78 is 1.79. The molecule has 0 radical (unpaired) electrons. The van der Waals surface area contributed by atoms with Gasteiger partial charge in [0.2, 0.25) is 0 Å². The van der Waals surface area contributed by atoms with Gasteiger partial charge in [0, 0.05) is 27.7 Å². The van der Waals surface area contributed by atoms with Gasteiger partial charge in [-0.15, -0.1) is 0 Å². The van der Waals surface area contributed by atoms with Gasteiger partial charge in [0.15, 0.2) is 5.96 Å². The molecule has 1 fully saturated rings. The molecule has 0 bridgehead atoms. The monoisotopic (exact) mass is 278 g/mol. The number of rotatable bonds is 4. The first kappa shape index (κ1) is 14.8. The van der Waals surface area contributed by atoms with E-state index < -0.39 is 0 Å². The summed E-state index contributed by atoms with van der Waals surface area (Å²) in [7, 11) is 5.76. The lowest BCUT2D eigenvalue weighted by Gasteiger charge is -2.28. The number of hydrogen-bond donors (Lipinski definition) is 1. The number of aliphatic imine (C=N–C) groups is 1. The van der Waals surface area contributed by atoms with Crippen LogP contribution in [0.1, 0.15) is 38.4 Å². The van der Waals surface area contributed by atoms with Crippen molar-refractivity contribution in [3.05, 3.63) is 12.2 Å². The van der Waals surface area contributed by atoms with Gasteiger partial charge in [0.1, 0.15) is 12.2 Å². The fraction of sp³-hybridized carbons (Fsp3) is 0.786. The lowest BCUT2D eigenvalue weighted by molar-refractivity contribution is 0.326. The molecule has 0 saturated heterocycles. The molecule has 0 aromatic carbocycles. The maximum Gasteiger partial charge on any atom is 0.193 e. The van der Waals surface area contributed by atoms with Gasteiger partial charge in [-0.3, -0.25) is 9.67 Å². The quantitative estimate of drug-likeness (QED) is 0.668. The molecule has 0 spiro atoms. The predicted octanol–water partition coefficient (Wildman–Crippen LogP) is 1.40. The Kier molecular flexibility index (Phi) is 4.62. The molecule has 1 heterocycles. The van der Waals surface area contributed by atoms with Crippen LogP contribution in [0, 0.1) is 5.41 Å². The van der Waals surface area contributed by atoms with E-state index in [4.69, 9.17) is 0 Å². The van der Waals surface area contributed by atoms with Gasteiger partial charge in [-0.05, 0) is 18.3 Å². The number of nitrogens with one attached hydrogen (secondary N) is 1. The summed E-state index contributed by atoms with van der Waals surface area (Å²) in [5.74, 6) is 1.85. The number of aryl methyl sites for hydroxylation is 1. The molecular weight excluding hydrogens is 252 g/mol. The topological polar surface area (TPSA) is 58.3 Å². The second kappa shape index (κ2) is 6.24. The molecule has 1 saturated carbocycles. The Morgan fingerprint density at radius 1 is 1.50 bits per heavy atom. The average Bonchev–Trinajstić information content (AvgIpc) is 3.01. The summed E-state index contributed by atoms with van der Waals surface area (Å²) in [5.41, 5.74) is 0.418. The lowest BCUT2D eigenvalue weighted by Crippen LogP contribution is -2.43. The highest BCUT2D eigenvalue weighted by Gasteiger charge is 2.28. The van der Waals surface area contributed by atoms with Crippen LogP contribution in [0.5, 0.6) is 0 Å². The van der Waals surface area contributed by atoms with Crippen molar-refractivity contribution in [2.75, 3.05) is 20.6 Å². The summed E-state index contributed by atoms with van der Waals surface area (Å²) in [6.45, 7) is 4.05. The minimum Gasteiger partial charge on any atom is -0.356 e. The van der Waals surface area contributed by atoms with Crippen molar-refractivity contribution < 1.29 is 0 Å².